The van der Waals surface area contributed by atoms with E-state index in [0.717, 1.165) is 38.9 Å². The van der Waals surface area contributed by atoms with Crippen molar-refractivity contribution in [2.75, 3.05) is 19.6 Å². The summed E-state index contributed by atoms with van der Waals surface area (Å²) in [6.07, 6.45) is 6.71. The van der Waals surface area contributed by atoms with E-state index in [9.17, 15) is 4.79 Å². The maximum Gasteiger partial charge on any atom is 0.227 e. The predicted molar refractivity (Wildman–Crippen MR) is 122 cm³/mol. The highest BCUT2D eigenvalue weighted by Gasteiger charge is 2.42. The Balaban J connectivity index is 1.53. The van der Waals surface area contributed by atoms with Crippen molar-refractivity contribution in [3.63, 3.8) is 0 Å². The fraction of sp³-hybridized carbons (Fsp3) is 0.417. The summed E-state index contributed by atoms with van der Waals surface area (Å²) in [6.45, 7) is 5.30. The Labute approximate surface area is 182 Å². The number of benzene rings is 1. The maximum atomic E-state index is 13.2. The van der Waals surface area contributed by atoms with Gasteiger partial charge in [0.15, 0.2) is 0 Å². The van der Waals surface area contributed by atoms with E-state index in [1.165, 1.54) is 21.6 Å². The van der Waals surface area contributed by atoms with Gasteiger partial charge in [0.05, 0.1) is 11.6 Å². The van der Waals surface area contributed by atoms with Crippen LogP contribution >= 0.6 is 11.3 Å². The van der Waals surface area contributed by atoms with Crippen LogP contribution < -0.4 is 5.32 Å². The van der Waals surface area contributed by atoms with Crippen molar-refractivity contribution < 1.29 is 4.79 Å². The average molecular weight is 423 g/mol. The zero-order valence-electron chi connectivity index (χ0n) is 17.8. The number of amides is 1. The van der Waals surface area contributed by atoms with E-state index < -0.39 is 0 Å². The molecule has 4 rings (SSSR count). The Hall–Kier alpha value is -2.44. The van der Waals surface area contributed by atoms with Crippen LogP contribution in [0.1, 0.15) is 30.9 Å². The van der Waals surface area contributed by atoms with Gasteiger partial charge >= 0.3 is 0 Å². The molecule has 3 heterocycles. The quantitative estimate of drug-likeness (QED) is 0.623. The normalized spacial score (nSPS) is 19.7. The summed E-state index contributed by atoms with van der Waals surface area (Å²) in [4.78, 5) is 16.9. The smallest absolute Gasteiger partial charge is 0.227 e. The van der Waals surface area contributed by atoms with Crippen molar-refractivity contribution in [2.45, 2.75) is 32.7 Å². The molecule has 30 heavy (non-hydrogen) atoms. The van der Waals surface area contributed by atoms with Crippen molar-refractivity contribution in [1.29, 1.82) is 0 Å². The summed E-state index contributed by atoms with van der Waals surface area (Å²) in [5.41, 5.74) is 3.28. The summed E-state index contributed by atoms with van der Waals surface area (Å²) in [6, 6.07) is 13.0. The lowest BCUT2D eigenvalue weighted by Gasteiger charge is -2.42. The topological polar surface area (TPSA) is 50.2 Å². The monoisotopic (exact) mass is 422 g/mol. The van der Waals surface area contributed by atoms with E-state index in [4.69, 9.17) is 0 Å². The molecule has 1 atom stereocenters. The molecule has 0 spiro atoms. The van der Waals surface area contributed by atoms with Crippen molar-refractivity contribution in [3.05, 3.63) is 65.3 Å². The van der Waals surface area contributed by atoms with Gasteiger partial charge in [0, 0.05) is 43.3 Å². The summed E-state index contributed by atoms with van der Waals surface area (Å²) < 4.78 is 1.84. The molecule has 158 valence electrons. The van der Waals surface area contributed by atoms with Crippen LogP contribution in [0.2, 0.25) is 0 Å². The van der Waals surface area contributed by atoms with Crippen LogP contribution in [-0.4, -0.2) is 40.2 Å². The third-order valence-electron chi connectivity index (χ3n) is 5.94. The molecule has 1 saturated heterocycles. The van der Waals surface area contributed by atoms with Gasteiger partial charge in [-0.25, -0.2) is 0 Å². The SMILES string of the molecule is CCNC(=O)[C@@]1(Cc2ccc(-c3cccs3)cc2)CCCN(Cc2cnn(C)c2)C1. The number of carbonyl (C=O) groups is 1. The molecular weight excluding hydrogens is 392 g/mol. The van der Waals surface area contributed by atoms with Gasteiger partial charge in [-0.2, -0.15) is 5.10 Å². The minimum atomic E-state index is -0.388. The van der Waals surface area contributed by atoms with Gasteiger partial charge in [-0.05, 0) is 55.3 Å². The number of hydrogen-bond acceptors (Lipinski definition) is 4. The second-order valence-electron chi connectivity index (χ2n) is 8.33. The molecule has 1 amide bonds. The lowest BCUT2D eigenvalue weighted by molar-refractivity contribution is -0.134. The summed E-state index contributed by atoms with van der Waals surface area (Å²) in [7, 11) is 1.94. The predicted octanol–water partition coefficient (Wildman–Crippen LogP) is 4.11. The maximum absolute atomic E-state index is 13.2. The highest BCUT2D eigenvalue weighted by molar-refractivity contribution is 7.13. The van der Waals surface area contributed by atoms with Crippen LogP contribution in [0.15, 0.2) is 54.2 Å². The Morgan fingerprint density at radius 2 is 2.07 bits per heavy atom. The molecule has 0 bridgehead atoms. The van der Waals surface area contributed by atoms with Crippen molar-refractivity contribution >= 4 is 17.2 Å². The highest BCUT2D eigenvalue weighted by Crippen LogP contribution is 2.35. The summed E-state index contributed by atoms with van der Waals surface area (Å²) in [5, 5.41) is 9.51. The Morgan fingerprint density at radius 1 is 1.23 bits per heavy atom. The molecule has 1 fully saturated rings. The molecule has 2 aromatic heterocycles. The number of nitrogens with one attached hydrogen (secondary N) is 1. The van der Waals surface area contributed by atoms with Crippen LogP contribution in [0.3, 0.4) is 0 Å². The van der Waals surface area contributed by atoms with Crippen LogP contribution in [0.5, 0.6) is 0 Å². The van der Waals surface area contributed by atoms with Crippen LogP contribution in [0.25, 0.3) is 10.4 Å². The van der Waals surface area contributed by atoms with E-state index in [0.29, 0.717) is 6.54 Å². The first kappa shape index (κ1) is 20.8. The molecule has 0 radical (unpaired) electrons. The molecule has 1 aliphatic rings. The zero-order valence-corrected chi connectivity index (χ0v) is 18.6. The summed E-state index contributed by atoms with van der Waals surface area (Å²) >= 11 is 1.75. The minimum Gasteiger partial charge on any atom is -0.356 e. The van der Waals surface area contributed by atoms with Gasteiger partial charge in [0.1, 0.15) is 0 Å². The van der Waals surface area contributed by atoms with E-state index in [-0.39, 0.29) is 11.3 Å². The lowest BCUT2D eigenvalue weighted by Crippen LogP contribution is -2.52. The van der Waals surface area contributed by atoms with E-state index in [2.05, 4.69) is 63.3 Å². The fourth-order valence-electron chi connectivity index (χ4n) is 4.55. The number of rotatable bonds is 7. The molecule has 1 aliphatic heterocycles. The van der Waals surface area contributed by atoms with Crippen LogP contribution in [0.4, 0.5) is 0 Å². The second-order valence-corrected chi connectivity index (χ2v) is 9.27. The molecule has 0 aliphatic carbocycles. The van der Waals surface area contributed by atoms with Crippen LogP contribution in [0, 0.1) is 5.41 Å². The number of carbonyl (C=O) groups excluding carboxylic acids is 1. The average Bonchev–Trinajstić information content (AvgIpc) is 3.41. The minimum absolute atomic E-state index is 0.184. The fourth-order valence-corrected chi connectivity index (χ4v) is 5.29. The first-order valence-corrected chi connectivity index (χ1v) is 11.6. The van der Waals surface area contributed by atoms with Gasteiger partial charge in [-0.3, -0.25) is 14.4 Å². The molecule has 0 saturated carbocycles. The highest BCUT2D eigenvalue weighted by atomic mass is 32.1. The third kappa shape index (κ3) is 4.65. The molecule has 3 aromatic rings. The number of hydrogen-bond donors (Lipinski definition) is 1. The Morgan fingerprint density at radius 3 is 2.73 bits per heavy atom. The Bertz CT molecular complexity index is 964. The van der Waals surface area contributed by atoms with Crippen LogP contribution in [-0.2, 0) is 24.8 Å². The molecular formula is C24H30N4OS. The number of likely N-dealkylation sites (tertiary alicyclic amines) is 1. The molecule has 1 aromatic carbocycles. The van der Waals surface area contributed by atoms with Gasteiger partial charge in [-0.15, -0.1) is 11.3 Å². The second kappa shape index (κ2) is 9.14. The summed E-state index contributed by atoms with van der Waals surface area (Å²) in [5.74, 6) is 0.184. The molecule has 0 unspecified atom stereocenters. The van der Waals surface area contributed by atoms with E-state index in [1.807, 2.05) is 24.9 Å². The van der Waals surface area contributed by atoms with Gasteiger partial charge in [-0.1, -0.05) is 30.3 Å². The number of aryl methyl sites for hydroxylation is 1. The molecule has 6 heteroatoms. The first-order valence-electron chi connectivity index (χ1n) is 10.7. The van der Waals surface area contributed by atoms with E-state index >= 15 is 0 Å². The largest absolute Gasteiger partial charge is 0.356 e. The number of piperidine rings is 1. The van der Waals surface area contributed by atoms with Crippen molar-refractivity contribution in [2.24, 2.45) is 12.5 Å². The van der Waals surface area contributed by atoms with E-state index in [1.54, 1.807) is 11.3 Å². The van der Waals surface area contributed by atoms with Crippen molar-refractivity contribution in [3.8, 4) is 10.4 Å². The number of aromatic nitrogens is 2. The Kier molecular flexibility index (Phi) is 6.35. The lowest BCUT2D eigenvalue weighted by atomic mass is 9.74. The van der Waals surface area contributed by atoms with Gasteiger partial charge in [0.25, 0.3) is 0 Å². The number of nitrogens with zero attached hydrogens (tertiary/aromatic N) is 3. The molecule has 5 nitrogen and oxygen atoms in total. The zero-order chi connectivity index (χ0) is 21.0. The van der Waals surface area contributed by atoms with Gasteiger partial charge < -0.3 is 5.32 Å². The number of thiophene rings is 1. The molecule has 1 N–H and O–H groups in total. The third-order valence-corrected chi connectivity index (χ3v) is 6.86. The standard InChI is InChI=1S/C24H30N4OS/c1-3-25-23(29)24(11-5-12-28(18-24)17-20-15-26-27(2)16-20)14-19-7-9-21(10-8-19)22-6-4-13-30-22/h4,6-10,13,15-16H,3,5,11-12,14,17-18H2,1-2H3,(H,25,29)/t24-/m1/s1. The van der Waals surface area contributed by atoms with Gasteiger partial charge in [0.2, 0.25) is 5.91 Å². The van der Waals surface area contributed by atoms with Crippen molar-refractivity contribution in [1.82, 2.24) is 20.0 Å². The first-order chi connectivity index (χ1) is 14.6.